The van der Waals surface area contributed by atoms with Crippen LogP contribution in [0.5, 0.6) is 0 Å². The van der Waals surface area contributed by atoms with Gasteiger partial charge in [0, 0.05) is 13.6 Å². The molecule has 1 aliphatic heterocycles. The molecule has 3 amide bonds. The van der Waals surface area contributed by atoms with E-state index in [4.69, 9.17) is 0 Å². The standard InChI is InChI=1S/C21H26FN5O2/c1-26-19(14-7-2-4-9-16(14)25-26)13-23-21(29)24-17-10-6-12-27(20(17)28)18-11-5-3-8-15(18)22/h3,5,8,11,17H,2,4,6-7,9-10,12-13H2,1H3,(H2,23,24,29)/t17-/m1/s1. The highest BCUT2D eigenvalue weighted by molar-refractivity contribution is 5.99. The summed E-state index contributed by atoms with van der Waals surface area (Å²) in [5.41, 5.74) is 3.63. The summed E-state index contributed by atoms with van der Waals surface area (Å²) < 4.78 is 15.9. The van der Waals surface area contributed by atoms with Crippen molar-refractivity contribution in [2.45, 2.75) is 51.1 Å². The fourth-order valence-corrected chi connectivity index (χ4v) is 4.26. The molecule has 1 saturated heterocycles. The van der Waals surface area contributed by atoms with Gasteiger partial charge in [-0.3, -0.25) is 9.48 Å². The number of hydrogen-bond acceptors (Lipinski definition) is 3. The molecule has 2 heterocycles. The molecule has 0 unspecified atom stereocenters. The third-order valence-electron chi connectivity index (χ3n) is 5.75. The van der Waals surface area contributed by atoms with Crippen LogP contribution in [-0.2, 0) is 31.2 Å². The minimum absolute atomic E-state index is 0.255. The molecule has 29 heavy (non-hydrogen) atoms. The average molecular weight is 399 g/mol. The molecule has 1 aromatic heterocycles. The molecule has 0 spiro atoms. The van der Waals surface area contributed by atoms with Gasteiger partial charge in [-0.2, -0.15) is 5.10 Å². The summed E-state index contributed by atoms with van der Waals surface area (Å²) >= 11 is 0. The number of urea groups is 1. The smallest absolute Gasteiger partial charge is 0.315 e. The lowest BCUT2D eigenvalue weighted by Crippen LogP contribution is -2.54. The first-order chi connectivity index (χ1) is 14.0. The van der Waals surface area contributed by atoms with E-state index in [-0.39, 0.29) is 11.6 Å². The van der Waals surface area contributed by atoms with E-state index in [1.54, 1.807) is 18.2 Å². The van der Waals surface area contributed by atoms with E-state index in [9.17, 15) is 14.0 Å². The lowest BCUT2D eigenvalue weighted by molar-refractivity contribution is -0.121. The summed E-state index contributed by atoms with van der Waals surface area (Å²) in [4.78, 5) is 26.7. The Morgan fingerprint density at radius 1 is 1.24 bits per heavy atom. The number of amides is 3. The summed E-state index contributed by atoms with van der Waals surface area (Å²) in [5, 5.41) is 10.2. The Balaban J connectivity index is 1.38. The highest BCUT2D eigenvalue weighted by Crippen LogP contribution is 2.25. The molecule has 1 fully saturated rings. The Morgan fingerprint density at radius 3 is 2.86 bits per heavy atom. The van der Waals surface area contributed by atoms with E-state index >= 15 is 0 Å². The van der Waals surface area contributed by atoms with Gasteiger partial charge in [0.1, 0.15) is 11.9 Å². The summed E-state index contributed by atoms with van der Waals surface area (Å²) in [6.07, 6.45) is 5.50. The Morgan fingerprint density at radius 2 is 2.03 bits per heavy atom. The van der Waals surface area contributed by atoms with Crippen LogP contribution in [0.2, 0.25) is 0 Å². The minimum Gasteiger partial charge on any atom is -0.332 e. The SMILES string of the molecule is Cn1nc2c(c1CNC(=O)N[C@@H]1CCCN(c3ccccc3F)C1=O)CCCC2. The predicted molar refractivity (Wildman–Crippen MR) is 107 cm³/mol. The molecule has 1 aliphatic carbocycles. The first-order valence-electron chi connectivity index (χ1n) is 10.2. The van der Waals surface area contributed by atoms with E-state index in [1.807, 2.05) is 11.7 Å². The number of rotatable bonds is 4. The molecule has 154 valence electrons. The van der Waals surface area contributed by atoms with Crippen LogP contribution >= 0.6 is 0 Å². The zero-order chi connectivity index (χ0) is 20.4. The lowest BCUT2D eigenvalue weighted by Gasteiger charge is -2.32. The number of anilines is 1. The first-order valence-corrected chi connectivity index (χ1v) is 10.2. The second-order valence-electron chi connectivity index (χ2n) is 7.67. The maximum Gasteiger partial charge on any atom is 0.315 e. The van der Waals surface area contributed by atoms with Crippen LogP contribution in [0.4, 0.5) is 14.9 Å². The second-order valence-corrected chi connectivity index (χ2v) is 7.67. The quantitative estimate of drug-likeness (QED) is 0.829. The van der Waals surface area contributed by atoms with Crippen LogP contribution in [0.15, 0.2) is 24.3 Å². The molecular formula is C21H26FN5O2. The summed E-state index contributed by atoms with van der Waals surface area (Å²) in [7, 11) is 1.89. The molecule has 0 radical (unpaired) electrons. The maximum atomic E-state index is 14.1. The summed E-state index contributed by atoms with van der Waals surface area (Å²) in [5.74, 6) is -0.721. The highest BCUT2D eigenvalue weighted by atomic mass is 19.1. The van der Waals surface area contributed by atoms with Gasteiger partial charge < -0.3 is 15.5 Å². The van der Waals surface area contributed by atoms with Gasteiger partial charge in [0.25, 0.3) is 0 Å². The van der Waals surface area contributed by atoms with Crippen molar-refractivity contribution in [3.8, 4) is 0 Å². The zero-order valence-corrected chi connectivity index (χ0v) is 16.6. The fourth-order valence-electron chi connectivity index (χ4n) is 4.26. The topological polar surface area (TPSA) is 79.3 Å². The number of piperidine rings is 1. The van der Waals surface area contributed by atoms with Crippen molar-refractivity contribution in [2.75, 3.05) is 11.4 Å². The number of fused-ring (bicyclic) bond motifs is 1. The maximum absolute atomic E-state index is 14.1. The number of aryl methyl sites for hydroxylation is 2. The molecule has 2 N–H and O–H groups in total. The number of hydrogen-bond donors (Lipinski definition) is 2. The third-order valence-corrected chi connectivity index (χ3v) is 5.75. The molecule has 1 atom stereocenters. The van der Waals surface area contributed by atoms with Crippen molar-refractivity contribution in [3.63, 3.8) is 0 Å². The molecule has 0 saturated carbocycles. The van der Waals surface area contributed by atoms with Crippen LogP contribution < -0.4 is 15.5 Å². The second kappa shape index (κ2) is 8.23. The highest BCUT2D eigenvalue weighted by Gasteiger charge is 2.32. The van der Waals surface area contributed by atoms with Gasteiger partial charge >= 0.3 is 6.03 Å². The van der Waals surface area contributed by atoms with Crippen LogP contribution in [0.3, 0.4) is 0 Å². The Labute approximate surface area is 169 Å². The molecule has 2 aliphatic rings. The average Bonchev–Trinajstić information content (AvgIpc) is 3.04. The third kappa shape index (κ3) is 3.97. The Hall–Kier alpha value is -2.90. The van der Waals surface area contributed by atoms with E-state index in [0.29, 0.717) is 25.9 Å². The van der Waals surface area contributed by atoms with E-state index < -0.39 is 17.9 Å². The van der Waals surface area contributed by atoms with Gasteiger partial charge in [0.15, 0.2) is 0 Å². The van der Waals surface area contributed by atoms with Crippen LogP contribution in [0.1, 0.15) is 42.6 Å². The largest absolute Gasteiger partial charge is 0.332 e. The Bertz CT molecular complexity index is 926. The van der Waals surface area contributed by atoms with Crippen molar-refractivity contribution in [1.82, 2.24) is 20.4 Å². The molecular weight excluding hydrogens is 373 g/mol. The summed E-state index contributed by atoms with van der Waals surface area (Å²) in [6, 6.07) is 5.15. The van der Waals surface area contributed by atoms with Crippen molar-refractivity contribution < 1.29 is 14.0 Å². The van der Waals surface area contributed by atoms with Gasteiger partial charge in [-0.15, -0.1) is 0 Å². The van der Waals surface area contributed by atoms with Crippen LogP contribution in [-0.4, -0.2) is 34.3 Å². The normalized spacial score (nSPS) is 19.0. The number of benzene rings is 1. The monoisotopic (exact) mass is 399 g/mol. The number of aromatic nitrogens is 2. The number of para-hydroxylation sites is 1. The Kier molecular flexibility index (Phi) is 5.51. The fraction of sp³-hybridized carbons (Fsp3) is 0.476. The van der Waals surface area contributed by atoms with Crippen LogP contribution in [0, 0.1) is 5.82 Å². The van der Waals surface area contributed by atoms with Crippen LogP contribution in [0.25, 0.3) is 0 Å². The van der Waals surface area contributed by atoms with Crippen molar-refractivity contribution in [3.05, 3.63) is 47.0 Å². The zero-order valence-electron chi connectivity index (χ0n) is 16.6. The molecule has 4 rings (SSSR count). The molecule has 2 aromatic rings. The van der Waals surface area contributed by atoms with Crippen molar-refractivity contribution in [2.24, 2.45) is 7.05 Å². The molecule has 0 bridgehead atoms. The molecule has 7 nitrogen and oxygen atoms in total. The number of nitrogens with one attached hydrogen (secondary N) is 2. The number of halogens is 1. The lowest BCUT2D eigenvalue weighted by atomic mass is 9.96. The van der Waals surface area contributed by atoms with Gasteiger partial charge in [-0.25, -0.2) is 9.18 Å². The first kappa shape index (κ1) is 19.4. The number of nitrogens with zero attached hydrogens (tertiary/aromatic N) is 3. The minimum atomic E-state index is -0.663. The predicted octanol–water partition coefficient (Wildman–Crippen LogP) is 2.43. The molecule has 8 heteroatoms. The van der Waals surface area contributed by atoms with Gasteiger partial charge in [0.2, 0.25) is 5.91 Å². The van der Waals surface area contributed by atoms with Gasteiger partial charge in [-0.1, -0.05) is 12.1 Å². The van der Waals surface area contributed by atoms with Crippen molar-refractivity contribution >= 4 is 17.6 Å². The van der Waals surface area contributed by atoms with E-state index in [1.165, 1.54) is 16.5 Å². The van der Waals surface area contributed by atoms with E-state index in [2.05, 4.69) is 15.7 Å². The number of carbonyl (C=O) groups excluding carboxylic acids is 2. The molecule has 1 aromatic carbocycles. The van der Waals surface area contributed by atoms with Crippen molar-refractivity contribution in [1.29, 1.82) is 0 Å². The summed E-state index contributed by atoms with van der Waals surface area (Å²) in [6.45, 7) is 0.809. The van der Waals surface area contributed by atoms with E-state index in [0.717, 1.165) is 37.1 Å². The number of carbonyl (C=O) groups is 2. The van der Waals surface area contributed by atoms with Gasteiger partial charge in [-0.05, 0) is 56.2 Å². The van der Waals surface area contributed by atoms with Gasteiger partial charge in [0.05, 0.1) is 23.6 Å².